The number of rotatable bonds is 9. The van der Waals surface area contributed by atoms with E-state index in [1.807, 2.05) is 15.6 Å². The highest BCUT2D eigenvalue weighted by Gasteiger charge is 2.24. The average Bonchev–Trinajstić information content (AvgIpc) is 3.26. The topological polar surface area (TPSA) is 96.7 Å². The zero-order chi connectivity index (χ0) is 23.2. The van der Waals surface area contributed by atoms with Gasteiger partial charge >= 0.3 is 0 Å². The lowest BCUT2D eigenvalue weighted by Crippen LogP contribution is -2.40. The zero-order valence-corrected chi connectivity index (χ0v) is 21.3. The number of piperidine rings is 1. The molecule has 2 aromatic rings. The van der Waals surface area contributed by atoms with Gasteiger partial charge in [0.1, 0.15) is 0 Å². The van der Waals surface area contributed by atoms with Crippen molar-refractivity contribution in [3.63, 3.8) is 0 Å². The van der Waals surface area contributed by atoms with Crippen molar-refractivity contribution >= 4 is 39.4 Å². The summed E-state index contributed by atoms with van der Waals surface area (Å²) < 4.78 is 7.31. The molecule has 0 spiro atoms. The van der Waals surface area contributed by atoms with Gasteiger partial charge in [0, 0.05) is 56.2 Å². The van der Waals surface area contributed by atoms with E-state index in [9.17, 15) is 4.79 Å². The number of carbonyl (C=O) groups excluding carboxylic acids is 1. The molecule has 9 nitrogen and oxygen atoms in total. The number of nitrogens with zero attached hydrogens (tertiary/aromatic N) is 5. The fourth-order valence-corrected chi connectivity index (χ4v) is 4.78. The predicted octanol–water partition coefficient (Wildman–Crippen LogP) is 3.66. The lowest BCUT2D eigenvalue weighted by atomic mass is 9.96. The van der Waals surface area contributed by atoms with Crippen LogP contribution in [0.15, 0.2) is 6.20 Å². The van der Waals surface area contributed by atoms with Crippen LogP contribution in [0.4, 0.5) is 11.9 Å². The molecule has 182 valence electrons. The van der Waals surface area contributed by atoms with Gasteiger partial charge in [-0.15, -0.1) is 0 Å². The van der Waals surface area contributed by atoms with Crippen molar-refractivity contribution in [2.24, 2.45) is 5.92 Å². The summed E-state index contributed by atoms with van der Waals surface area (Å²) in [7, 11) is 0. The third-order valence-corrected chi connectivity index (χ3v) is 7.17. The molecule has 0 atom stereocenters. The van der Waals surface area contributed by atoms with Crippen LogP contribution < -0.4 is 10.6 Å². The highest BCUT2D eigenvalue weighted by atomic mass is 79.9. The van der Waals surface area contributed by atoms with Gasteiger partial charge in [0.25, 0.3) is 0 Å². The quantitative estimate of drug-likeness (QED) is 0.486. The first-order valence-electron chi connectivity index (χ1n) is 12.2. The molecule has 33 heavy (non-hydrogen) atoms. The van der Waals surface area contributed by atoms with E-state index in [1.54, 1.807) is 0 Å². The molecule has 0 aliphatic carbocycles. The van der Waals surface area contributed by atoms with Crippen LogP contribution in [0, 0.1) is 5.92 Å². The minimum atomic E-state index is 0.278. The Bertz CT molecular complexity index is 921. The number of aromatic nitrogens is 4. The van der Waals surface area contributed by atoms with Gasteiger partial charge < -0.3 is 20.3 Å². The van der Waals surface area contributed by atoms with Crippen molar-refractivity contribution in [2.75, 3.05) is 48.8 Å². The van der Waals surface area contributed by atoms with Gasteiger partial charge in [0.05, 0.1) is 6.20 Å². The minimum absolute atomic E-state index is 0.278. The summed E-state index contributed by atoms with van der Waals surface area (Å²) in [6.07, 6.45) is 7.36. The first-order chi connectivity index (χ1) is 16.0. The number of carbonyl (C=O) groups is 1. The molecular weight excluding hydrogens is 486 g/mol. The third-order valence-electron chi connectivity index (χ3n) is 6.61. The fraction of sp³-hybridized carbons (Fsp3) is 0.739. The summed E-state index contributed by atoms with van der Waals surface area (Å²) in [5.41, 5.74) is 1.97. The molecule has 2 aliphatic heterocycles. The average molecular weight is 522 g/mol. The molecule has 0 saturated carbocycles. The van der Waals surface area contributed by atoms with Crippen molar-refractivity contribution in [3.05, 3.63) is 11.8 Å². The molecule has 4 heterocycles. The molecule has 2 saturated heterocycles. The number of amides is 1. The number of hydrogen-bond donors (Lipinski definition) is 2. The Balaban J connectivity index is 1.42. The normalized spacial score (nSPS) is 18.2. The number of likely N-dealkylation sites (tertiary alicyclic amines) is 1. The van der Waals surface area contributed by atoms with Crippen LogP contribution in [0.2, 0.25) is 0 Å². The monoisotopic (exact) mass is 521 g/mol. The van der Waals surface area contributed by atoms with E-state index in [1.165, 1.54) is 0 Å². The van der Waals surface area contributed by atoms with E-state index >= 15 is 0 Å². The van der Waals surface area contributed by atoms with Gasteiger partial charge in [-0.1, -0.05) is 29.8 Å². The van der Waals surface area contributed by atoms with Gasteiger partial charge in [-0.05, 0) is 43.9 Å². The molecule has 1 amide bonds. The van der Waals surface area contributed by atoms with Crippen LogP contribution in [-0.2, 0) is 9.53 Å². The summed E-state index contributed by atoms with van der Waals surface area (Å²) in [6.45, 7) is 8.34. The summed E-state index contributed by atoms with van der Waals surface area (Å²) in [5.74, 6) is 2.47. The van der Waals surface area contributed by atoms with Gasteiger partial charge in [0.15, 0.2) is 5.65 Å². The molecule has 2 aromatic heterocycles. The van der Waals surface area contributed by atoms with E-state index in [4.69, 9.17) is 14.7 Å². The molecule has 0 radical (unpaired) electrons. The molecule has 2 fully saturated rings. The number of fused-ring (bicyclic) bond motifs is 1. The maximum Gasteiger partial charge on any atom is 0.229 e. The molecule has 0 unspecified atom stereocenters. The van der Waals surface area contributed by atoms with E-state index in [0.717, 1.165) is 87.4 Å². The number of ether oxygens (including phenoxy) is 1. The summed E-state index contributed by atoms with van der Waals surface area (Å²) in [6, 6.07) is 0.325. The second-order valence-electron chi connectivity index (χ2n) is 9.39. The third kappa shape index (κ3) is 6.15. The molecule has 2 aliphatic rings. The molecule has 0 aromatic carbocycles. The Morgan fingerprint density at radius 2 is 1.97 bits per heavy atom. The van der Waals surface area contributed by atoms with Crippen molar-refractivity contribution < 1.29 is 9.53 Å². The Kier molecular flexibility index (Phi) is 8.40. The van der Waals surface area contributed by atoms with E-state index in [2.05, 4.69) is 45.5 Å². The Morgan fingerprint density at radius 1 is 1.21 bits per heavy atom. The van der Waals surface area contributed by atoms with Crippen LogP contribution in [0.3, 0.4) is 0 Å². The molecule has 4 rings (SSSR count). The van der Waals surface area contributed by atoms with Crippen LogP contribution in [0.5, 0.6) is 0 Å². The first-order valence-corrected chi connectivity index (χ1v) is 13.3. The fourth-order valence-electron chi connectivity index (χ4n) is 4.50. The van der Waals surface area contributed by atoms with Crippen LogP contribution >= 0.6 is 15.9 Å². The van der Waals surface area contributed by atoms with E-state index < -0.39 is 0 Å². The Hall–Kier alpha value is -1.94. The van der Waals surface area contributed by atoms with Crippen molar-refractivity contribution in [1.82, 2.24) is 24.5 Å². The van der Waals surface area contributed by atoms with Crippen LogP contribution in [-0.4, -0.2) is 74.6 Å². The smallest absolute Gasteiger partial charge is 0.229 e. The highest BCUT2D eigenvalue weighted by molar-refractivity contribution is 9.09. The molecular formula is C23H36BrN7O2. The van der Waals surface area contributed by atoms with Crippen molar-refractivity contribution in [3.8, 4) is 0 Å². The number of nitrogens with one attached hydrogen (secondary N) is 2. The number of halogens is 1. The minimum Gasteiger partial charge on any atom is -0.381 e. The van der Waals surface area contributed by atoms with Gasteiger partial charge in [-0.3, -0.25) is 4.79 Å². The lowest BCUT2D eigenvalue weighted by molar-refractivity contribution is -0.132. The van der Waals surface area contributed by atoms with Gasteiger partial charge in [-0.25, -0.2) is 0 Å². The molecule has 10 heteroatoms. The first kappa shape index (κ1) is 24.2. The Labute approximate surface area is 204 Å². The highest BCUT2D eigenvalue weighted by Crippen LogP contribution is 2.24. The number of hydrogen-bond acceptors (Lipinski definition) is 7. The lowest BCUT2D eigenvalue weighted by Gasteiger charge is -2.32. The largest absolute Gasteiger partial charge is 0.381 e. The second-order valence-corrected chi connectivity index (χ2v) is 10.2. The van der Waals surface area contributed by atoms with Gasteiger partial charge in [0.2, 0.25) is 17.8 Å². The zero-order valence-electron chi connectivity index (χ0n) is 19.7. The maximum absolute atomic E-state index is 12.3. The van der Waals surface area contributed by atoms with Crippen LogP contribution in [0.1, 0.15) is 63.9 Å². The molecule has 0 bridgehead atoms. The predicted molar refractivity (Wildman–Crippen MR) is 133 cm³/mol. The Morgan fingerprint density at radius 3 is 2.67 bits per heavy atom. The summed E-state index contributed by atoms with van der Waals surface area (Å²) >= 11 is 3.41. The standard InChI is InChI=1S/C23H36BrN7O2/c1-16(2)19-15-26-31-21(19)28-22(27-18-7-12-33-13-8-18)29-23(31)25-14-17-5-10-30(11-6-17)20(32)4-3-9-24/h15-18H,3-14H2,1-2H3,(H2,25,27,28,29). The van der Waals surface area contributed by atoms with E-state index in [0.29, 0.717) is 30.2 Å². The van der Waals surface area contributed by atoms with Crippen molar-refractivity contribution in [2.45, 2.75) is 64.3 Å². The maximum atomic E-state index is 12.3. The summed E-state index contributed by atoms with van der Waals surface area (Å²) in [5, 5.41) is 12.5. The van der Waals surface area contributed by atoms with E-state index in [-0.39, 0.29) is 5.91 Å². The van der Waals surface area contributed by atoms with Crippen LogP contribution in [0.25, 0.3) is 5.65 Å². The summed E-state index contributed by atoms with van der Waals surface area (Å²) in [4.78, 5) is 23.9. The van der Waals surface area contributed by atoms with Gasteiger partial charge in [-0.2, -0.15) is 19.6 Å². The molecule has 2 N–H and O–H groups in total. The number of anilines is 2. The van der Waals surface area contributed by atoms with Crippen molar-refractivity contribution in [1.29, 1.82) is 0 Å². The number of alkyl halides is 1. The second kappa shape index (κ2) is 11.5. The SMILES string of the molecule is CC(C)c1cnn2c(NCC3CCN(C(=O)CCCBr)CC3)nc(NC3CCOCC3)nc12.